The van der Waals surface area contributed by atoms with Gasteiger partial charge in [0.25, 0.3) is 0 Å². The van der Waals surface area contributed by atoms with Crippen molar-refractivity contribution in [3.8, 4) is 0 Å². The number of halogens is 1. The van der Waals surface area contributed by atoms with Gasteiger partial charge in [0.15, 0.2) is 0 Å². The summed E-state index contributed by atoms with van der Waals surface area (Å²) in [4.78, 5) is 14.0. The Morgan fingerprint density at radius 3 is 2.39 bits per heavy atom. The van der Waals surface area contributed by atoms with E-state index < -0.39 is 5.67 Å². The number of hydrogen-bond donors (Lipinski definition) is 0. The first-order valence-corrected chi connectivity index (χ1v) is 11.9. The molecule has 176 valence electrons. The molecule has 5 heteroatoms. The smallest absolute Gasteiger partial charge is 0.337 e. The standard InChI is InChI=1S/C28H35FN2O2/c1-20-25(17-21-9-11-23(12-10-21)27(32)33-4)24-7-5-6-8-26(24)31(20)18-22-13-15-30(16-14-22)19-28(2,3)29/h5-12,22H,13-19H2,1-4H3. The number of hydrogen-bond acceptors (Lipinski definition) is 3. The molecule has 4 nitrogen and oxygen atoms in total. The summed E-state index contributed by atoms with van der Waals surface area (Å²) >= 11 is 0. The Kier molecular flexibility index (Phi) is 6.89. The third-order valence-corrected chi connectivity index (χ3v) is 6.87. The summed E-state index contributed by atoms with van der Waals surface area (Å²) in [7, 11) is 1.40. The van der Waals surface area contributed by atoms with Crippen LogP contribution < -0.4 is 0 Å². The van der Waals surface area contributed by atoms with E-state index >= 15 is 0 Å². The zero-order chi connectivity index (χ0) is 23.6. The molecule has 33 heavy (non-hydrogen) atoms. The molecule has 3 aromatic rings. The fraction of sp³-hybridized carbons (Fsp3) is 0.464. The van der Waals surface area contributed by atoms with Gasteiger partial charge in [0, 0.05) is 29.7 Å². The number of alkyl halides is 1. The first-order valence-electron chi connectivity index (χ1n) is 11.9. The van der Waals surface area contributed by atoms with Crippen LogP contribution in [0.2, 0.25) is 0 Å². The van der Waals surface area contributed by atoms with Crippen molar-refractivity contribution in [1.82, 2.24) is 9.47 Å². The molecule has 0 bridgehead atoms. The van der Waals surface area contributed by atoms with Crippen molar-refractivity contribution in [2.45, 2.75) is 52.2 Å². The topological polar surface area (TPSA) is 34.5 Å². The van der Waals surface area contributed by atoms with Gasteiger partial charge in [0.2, 0.25) is 0 Å². The Bertz CT molecular complexity index is 1100. The number of carbonyl (C=O) groups excluding carboxylic acids is 1. The van der Waals surface area contributed by atoms with Gasteiger partial charge in [-0.2, -0.15) is 0 Å². The van der Waals surface area contributed by atoms with Crippen LogP contribution in [-0.2, 0) is 17.7 Å². The molecule has 2 heterocycles. The molecular weight excluding hydrogens is 415 g/mol. The SMILES string of the molecule is COC(=O)c1ccc(Cc2c(C)n(CC3CCN(CC(C)(C)F)CC3)c3ccccc23)cc1. The lowest BCUT2D eigenvalue weighted by atomic mass is 9.95. The van der Waals surface area contributed by atoms with E-state index in [4.69, 9.17) is 4.74 Å². The van der Waals surface area contributed by atoms with E-state index in [1.807, 2.05) is 24.3 Å². The molecule has 0 unspecified atom stereocenters. The molecule has 0 spiro atoms. The highest BCUT2D eigenvalue weighted by Crippen LogP contribution is 2.31. The van der Waals surface area contributed by atoms with E-state index in [-0.39, 0.29) is 5.97 Å². The molecular formula is C28H35FN2O2. The number of carbonyl (C=O) groups is 1. The van der Waals surface area contributed by atoms with Crippen LogP contribution in [0.15, 0.2) is 48.5 Å². The number of nitrogens with zero attached hydrogens (tertiary/aromatic N) is 2. The number of esters is 1. The molecule has 1 aliphatic rings. The Hall–Kier alpha value is -2.66. The second-order valence-electron chi connectivity index (χ2n) is 10.00. The van der Waals surface area contributed by atoms with Crippen molar-refractivity contribution in [2.75, 3.05) is 26.7 Å². The highest BCUT2D eigenvalue weighted by atomic mass is 19.1. The van der Waals surface area contributed by atoms with Gasteiger partial charge in [-0.15, -0.1) is 0 Å². The molecule has 0 N–H and O–H groups in total. The second-order valence-corrected chi connectivity index (χ2v) is 10.00. The van der Waals surface area contributed by atoms with Crippen molar-refractivity contribution in [1.29, 1.82) is 0 Å². The predicted octanol–water partition coefficient (Wildman–Crippen LogP) is 5.79. The quantitative estimate of drug-likeness (QED) is 0.428. The number of piperidine rings is 1. The van der Waals surface area contributed by atoms with Gasteiger partial charge in [0.1, 0.15) is 5.67 Å². The Morgan fingerprint density at radius 2 is 1.76 bits per heavy atom. The van der Waals surface area contributed by atoms with Crippen LogP contribution in [-0.4, -0.2) is 47.8 Å². The molecule has 4 rings (SSSR count). The number of aromatic nitrogens is 1. The summed E-state index contributed by atoms with van der Waals surface area (Å²) in [5.41, 5.74) is 4.54. The first kappa shape index (κ1) is 23.5. The maximum absolute atomic E-state index is 14.0. The number of likely N-dealkylation sites (tertiary alicyclic amines) is 1. The maximum Gasteiger partial charge on any atom is 0.337 e. The minimum atomic E-state index is -1.13. The van der Waals surface area contributed by atoms with Crippen molar-refractivity contribution in [3.63, 3.8) is 0 Å². The van der Waals surface area contributed by atoms with Crippen LogP contribution in [0.4, 0.5) is 4.39 Å². The van der Waals surface area contributed by atoms with Crippen LogP contribution >= 0.6 is 0 Å². The van der Waals surface area contributed by atoms with Crippen LogP contribution in [0.25, 0.3) is 10.9 Å². The zero-order valence-electron chi connectivity index (χ0n) is 20.2. The summed E-state index contributed by atoms with van der Waals surface area (Å²) in [6, 6.07) is 16.3. The fourth-order valence-electron chi connectivity index (χ4n) is 5.16. The molecule has 1 aromatic heterocycles. The van der Waals surface area contributed by atoms with Crippen molar-refractivity contribution in [3.05, 3.63) is 70.9 Å². The van der Waals surface area contributed by atoms with Crippen molar-refractivity contribution >= 4 is 16.9 Å². The van der Waals surface area contributed by atoms with Gasteiger partial charge in [-0.25, -0.2) is 9.18 Å². The zero-order valence-corrected chi connectivity index (χ0v) is 20.2. The maximum atomic E-state index is 14.0. The lowest BCUT2D eigenvalue weighted by Crippen LogP contribution is -2.41. The van der Waals surface area contributed by atoms with E-state index in [0.29, 0.717) is 18.0 Å². The third kappa shape index (κ3) is 5.47. The van der Waals surface area contributed by atoms with Crippen LogP contribution in [0, 0.1) is 12.8 Å². The summed E-state index contributed by atoms with van der Waals surface area (Å²) in [5, 5.41) is 1.30. The van der Waals surface area contributed by atoms with E-state index in [0.717, 1.165) is 38.9 Å². The highest BCUT2D eigenvalue weighted by Gasteiger charge is 2.26. The lowest BCUT2D eigenvalue weighted by molar-refractivity contribution is 0.0600. The number of methoxy groups -OCH3 is 1. The largest absolute Gasteiger partial charge is 0.465 e. The number of benzene rings is 2. The van der Waals surface area contributed by atoms with Gasteiger partial charge in [-0.1, -0.05) is 30.3 Å². The van der Waals surface area contributed by atoms with E-state index in [9.17, 15) is 9.18 Å². The highest BCUT2D eigenvalue weighted by molar-refractivity contribution is 5.89. The molecule has 2 aromatic carbocycles. The molecule has 1 saturated heterocycles. The molecule has 1 aliphatic heterocycles. The third-order valence-electron chi connectivity index (χ3n) is 6.87. The van der Waals surface area contributed by atoms with Gasteiger partial charge in [0.05, 0.1) is 12.7 Å². The molecule has 0 aliphatic carbocycles. The van der Waals surface area contributed by atoms with Gasteiger partial charge >= 0.3 is 5.97 Å². The molecule has 0 saturated carbocycles. The van der Waals surface area contributed by atoms with Crippen LogP contribution in [0.3, 0.4) is 0 Å². The summed E-state index contributed by atoms with van der Waals surface area (Å²) in [5.74, 6) is 0.293. The first-order chi connectivity index (χ1) is 15.7. The number of ether oxygens (including phenoxy) is 1. The Balaban J connectivity index is 1.52. The average Bonchev–Trinajstić information content (AvgIpc) is 3.05. The molecule has 0 radical (unpaired) electrons. The second kappa shape index (κ2) is 9.68. The Morgan fingerprint density at radius 1 is 1.09 bits per heavy atom. The minimum absolute atomic E-state index is 0.310. The van der Waals surface area contributed by atoms with Crippen molar-refractivity contribution < 1.29 is 13.9 Å². The molecule has 1 fully saturated rings. The van der Waals surface area contributed by atoms with Gasteiger partial charge < -0.3 is 14.2 Å². The Labute approximate surface area is 196 Å². The summed E-state index contributed by atoms with van der Waals surface area (Å²) in [6.45, 7) is 9.01. The molecule has 0 atom stereocenters. The normalized spacial score (nSPS) is 15.8. The van der Waals surface area contributed by atoms with E-state index in [1.165, 1.54) is 34.8 Å². The number of para-hydroxylation sites is 1. The van der Waals surface area contributed by atoms with Gasteiger partial charge in [-0.05, 0) is 88.4 Å². The van der Waals surface area contributed by atoms with Gasteiger partial charge in [-0.3, -0.25) is 0 Å². The average molecular weight is 451 g/mol. The van der Waals surface area contributed by atoms with Crippen LogP contribution in [0.5, 0.6) is 0 Å². The van der Waals surface area contributed by atoms with E-state index in [1.54, 1.807) is 13.8 Å². The summed E-state index contributed by atoms with van der Waals surface area (Å²) in [6.07, 6.45) is 3.03. The monoisotopic (exact) mass is 450 g/mol. The predicted molar refractivity (Wildman–Crippen MR) is 132 cm³/mol. The van der Waals surface area contributed by atoms with Crippen LogP contribution in [0.1, 0.15) is 53.9 Å². The molecule has 0 amide bonds. The van der Waals surface area contributed by atoms with E-state index in [2.05, 4.69) is 40.7 Å². The van der Waals surface area contributed by atoms with Crippen molar-refractivity contribution in [2.24, 2.45) is 5.92 Å². The number of rotatable bonds is 7. The minimum Gasteiger partial charge on any atom is -0.465 e. The fourth-order valence-corrected chi connectivity index (χ4v) is 5.16. The number of fused-ring (bicyclic) bond motifs is 1. The lowest BCUT2D eigenvalue weighted by Gasteiger charge is -2.34. The summed E-state index contributed by atoms with van der Waals surface area (Å²) < 4.78 is 21.3.